The van der Waals surface area contributed by atoms with Crippen molar-refractivity contribution in [2.24, 2.45) is 0 Å². The van der Waals surface area contributed by atoms with E-state index in [-0.39, 0.29) is 37.1 Å². The number of rotatable bonds is 2. The van der Waals surface area contributed by atoms with E-state index in [9.17, 15) is 0 Å². The predicted molar refractivity (Wildman–Crippen MR) is 91.6 cm³/mol. The van der Waals surface area contributed by atoms with Crippen LogP contribution in [0.2, 0.25) is 0 Å². The smallest absolute Gasteiger partial charge is 0.222 e. The lowest BCUT2D eigenvalue weighted by Gasteiger charge is -1.68. The quantitative estimate of drug-likeness (QED) is 0.442. The van der Waals surface area contributed by atoms with Crippen molar-refractivity contribution in [1.29, 1.82) is 10.8 Å². The molecule has 0 aromatic heterocycles. The Labute approximate surface area is 124 Å². The van der Waals surface area contributed by atoms with E-state index in [1.54, 1.807) is 0 Å². The third kappa shape index (κ3) is 6320. The fraction of sp³-hybridized carbons (Fsp3) is 0.867. The molecular formula is C15H42N2O2. The molecule has 0 aliphatic rings. The Morgan fingerprint density at radius 3 is 0.632 bits per heavy atom. The van der Waals surface area contributed by atoms with Gasteiger partial charge in [-0.15, -0.1) is 0 Å². The lowest BCUT2D eigenvalue weighted by Crippen LogP contribution is -1.47. The Morgan fingerprint density at radius 1 is 0.579 bits per heavy atom. The standard InChI is InChI=1S/2C4H10.2CHNO.5CH4/c2*1-3-4-2;2*2-1-3;;;;;/h2*3-4H2,1-2H3;2*2H;5*1H4. The predicted octanol–water partition coefficient (Wildman–Crippen LogP) is 6.60. The minimum atomic E-state index is 0. The molecule has 0 aliphatic carbocycles. The number of hydrogen-bond donors (Lipinski definition) is 2. The summed E-state index contributed by atoms with van der Waals surface area (Å²) in [5, 5.41) is 10.8. The maximum absolute atomic E-state index is 8.35. The summed E-state index contributed by atoms with van der Waals surface area (Å²) in [5.74, 6) is 0. The molecule has 0 spiro atoms. The van der Waals surface area contributed by atoms with Crippen LogP contribution in [0.15, 0.2) is 0 Å². The summed E-state index contributed by atoms with van der Waals surface area (Å²) in [6.07, 6.45) is 6.78. The van der Waals surface area contributed by atoms with E-state index in [1.807, 2.05) is 0 Å². The molecule has 0 amide bonds. The average molecular weight is 283 g/mol. The summed E-state index contributed by atoms with van der Waals surface area (Å²) >= 11 is 0. The van der Waals surface area contributed by atoms with E-state index in [2.05, 4.69) is 27.7 Å². The molecule has 124 valence electrons. The van der Waals surface area contributed by atoms with Crippen LogP contribution >= 0.6 is 0 Å². The molecule has 0 aliphatic heterocycles. The first kappa shape index (κ1) is 65.0. The molecule has 2 N–H and O–H groups in total. The van der Waals surface area contributed by atoms with E-state index in [0.29, 0.717) is 0 Å². The molecular weight excluding hydrogens is 240 g/mol. The Bertz CT molecular complexity index is 106. The van der Waals surface area contributed by atoms with Gasteiger partial charge in [0.05, 0.1) is 0 Å². The van der Waals surface area contributed by atoms with Crippen LogP contribution in [0.4, 0.5) is 0 Å². The molecule has 0 rings (SSSR count). The average Bonchev–Trinajstić information content (AvgIpc) is 2.20. The van der Waals surface area contributed by atoms with Crippen LogP contribution in [-0.2, 0) is 9.59 Å². The molecule has 4 nitrogen and oxygen atoms in total. The Hall–Kier alpha value is -1.24. The van der Waals surface area contributed by atoms with Crippen molar-refractivity contribution in [1.82, 2.24) is 0 Å². The van der Waals surface area contributed by atoms with Crippen LogP contribution in [-0.4, -0.2) is 12.2 Å². The summed E-state index contributed by atoms with van der Waals surface area (Å²) in [6, 6.07) is 0. The van der Waals surface area contributed by atoms with Crippen LogP contribution in [0.25, 0.3) is 0 Å². The van der Waals surface area contributed by atoms with Crippen molar-refractivity contribution < 1.29 is 9.59 Å². The van der Waals surface area contributed by atoms with E-state index in [1.165, 1.54) is 25.7 Å². The van der Waals surface area contributed by atoms with Crippen molar-refractivity contribution in [3.05, 3.63) is 0 Å². The molecule has 0 aromatic rings. The number of unbranched alkanes of at least 4 members (excludes halogenated alkanes) is 2. The molecule has 0 fully saturated rings. The fourth-order valence-electron chi connectivity index (χ4n) is 0. The van der Waals surface area contributed by atoms with Crippen LogP contribution in [0.1, 0.15) is 90.5 Å². The monoisotopic (exact) mass is 282 g/mol. The van der Waals surface area contributed by atoms with Gasteiger partial charge in [-0.25, -0.2) is 20.4 Å². The first-order valence-corrected chi connectivity index (χ1v) is 4.74. The van der Waals surface area contributed by atoms with Crippen molar-refractivity contribution in [2.75, 3.05) is 0 Å². The summed E-state index contributed by atoms with van der Waals surface area (Å²) < 4.78 is 0. The van der Waals surface area contributed by atoms with E-state index in [0.717, 1.165) is 12.2 Å². The Balaban J connectivity index is -0.00000000929. The van der Waals surface area contributed by atoms with Crippen LogP contribution < -0.4 is 0 Å². The summed E-state index contributed by atoms with van der Waals surface area (Å²) in [5.41, 5.74) is 0. The highest BCUT2D eigenvalue weighted by Crippen LogP contribution is 1.77. The van der Waals surface area contributed by atoms with Crippen LogP contribution in [0.5, 0.6) is 0 Å². The second kappa shape index (κ2) is 184. The third-order valence-electron chi connectivity index (χ3n) is 1.000. The molecule has 0 atom stereocenters. The zero-order valence-electron chi connectivity index (χ0n) is 9.64. The van der Waals surface area contributed by atoms with Gasteiger partial charge in [-0.05, 0) is 0 Å². The Kier molecular flexibility index (Phi) is 629. The highest BCUT2D eigenvalue weighted by atomic mass is 16.1. The zero-order chi connectivity index (χ0) is 12.2. The van der Waals surface area contributed by atoms with Crippen molar-refractivity contribution >= 4 is 12.2 Å². The minimum absolute atomic E-state index is 0. The Morgan fingerprint density at radius 2 is 0.632 bits per heavy atom. The maximum Gasteiger partial charge on any atom is 0.231 e. The second-order valence-corrected chi connectivity index (χ2v) is 2.20. The van der Waals surface area contributed by atoms with Gasteiger partial charge in [0.2, 0.25) is 12.2 Å². The summed E-state index contributed by atoms with van der Waals surface area (Å²) in [4.78, 5) is 16.7. The highest BCUT2D eigenvalue weighted by Gasteiger charge is 1.56. The van der Waals surface area contributed by atoms with Gasteiger partial charge < -0.3 is 0 Å². The topological polar surface area (TPSA) is 81.8 Å². The normalized spacial score (nSPS) is 4.00. The molecule has 0 aromatic carbocycles. The van der Waals surface area contributed by atoms with Gasteiger partial charge in [0, 0.05) is 0 Å². The fourth-order valence-corrected chi connectivity index (χ4v) is 0. The van der Waals surface area contributed by atoms with E-state index < -0.39 is 0 Å². The van der Waals surface area contributed by atoms with Gasteiger partial charge >= 0.3 is 0 Å². The van der Waals surface area contributed by atoms with Crippen molar-refractivity contribution in [3.63, 3.8) is 0 Å². The highest BCUT2D eigenvalue weighted by molar-refractivity contribution is 5.26. The van der Waals surface area contributed by atoms with Gasteiger partial charge in [-0.3, -0.25) is 0 Å². The molecule has 4 heteroatoms. The van der Waals surface area contributed by atoms with Gasteiger partial charge in [0.15, 0.2) is 0 Å². The summed E-state index contributed by atoms with van der Waals surface area (Å²) in [6.45, 7) is 8.72. The van der Waals surface area contributed by atoms with Crippen LogP contribution in [0.3, 0.4) is 0 Å². The number of isocyanates is 2. The van der Waals surface area contributed by atoms with Crippen molar-refractivity contribution in [2.45, 2.75) is 90.5 Å². The second-order valence-electron chi connectivity index (χ2n) is 2.20. The number of nitrogens with one attached hydrogen (secondary N) is 2. The van der Waals surface area contributed by atoms with Crippen molar-refractivity contribution in [3.8, 4) is 0 Å². The molecule has 0 saturated carbocycles. The molecule has 0 saturated heterocycles. The van der Waals surface area contributed by atoms with Gasteiger partial charge in [-0.1, -0.05) is 90.5 Å². The van der Waals surface area contributed by atoms with Gasteiger partial charge in [-0.2, -0.15) is 0 Å². The molecule has 0 unspecified atom stereocenters. The van der Waals surface area contributed by atoms with Crippen LogP contribution in [0, 0.1) is 10.8 Å². The SMILES string of the molecule is C.C.C.C.C.CCCC.CCCC.N=C=O.N=C=O. The first-order chi connectivity index (χ1) is 6.66. The largest absolute Gasteiger partial charge is 0.231 e. The zero-order valence-corrected chi connectivity index (χ0v) is 9.64. The maximum atomic E-state index is 8.35. The molecule has 19 heavy (non-hydrogen) atoms. The molecule has 0 bridgehead atoms. The summed E-state index contributed by atoms with van der Waals surface area (Å²) in [7, 11) is 0. The number of carbonyl (C=O) groups excluding carboxylic acids is 2. The first-order valence-electron chi connectivity index (χ1n) is 4.74. The lowest BCUT2D eigenvalue weighted by atomic mass is 10.4. The van der Waals surface area contributed by atoms with E-state index in [4.69, 9.17) is 20.4 Å². The molecule has 0 radical (unpaired) electrons. The lowest BCUT2D eigenvalue weighted by molar-refractivity contribution is 0.562. The minimum Gasteiger partial charge on any atom is -0.222 e. The van der Waals surface area contributed by atoms with E-state index >= 15 is 0 Å². The van der Waals surface area contributed by atoms with Gasteiger partial charge in [0.25, 0.3) is 0 Å². The van der Waals surface area contributed by atoms with Gasteiger partial charge in [0.1, 0.15) is 0 Å². The third-order valence-corrected chi connectivity index (χ3v) is 1.000. The molecule has 0 heterocycles. The number of hydrogen-bond acceptors (Lipinski definition) is 4.